The summed E-state index contributed by atoms with van der Waals surface area (Å²) in [5, 5.41) is 3.76. The fourth-order valence-electron chi connectivity index (χ4n) is 4.71. The quantitative estimate of drug-likeness (QED) is 0.910. The van der Waals surface area contributed by atoms with Crippen LogP contribution in [0.4, 0.5) is 4.39 Å². The zero-order valence-electron chi connectivity index (χ0n) is 13.6. The summed E-state index contributed by atoms with van der Waals surface area (Å²) in [5.41, 5.74) is 0.875. The van der Waals surface area contributed by atoms with Gasteiger partial charge >= 0.3 is 0 Å². The third kappa shape index (κ3) is 2.35. The van der Waals surface area contributed by atoms with Crippen LogP contribution in [0.1, 0.15) is 48.7 Å². The number of para-hydroxylation sites is 1. The molecule has 1 amide bonds. The van der Waals surface area contributed by atoms with E-state index in [1.54, 1.807) is 12.1 Å². The highest BCUT2D eigenvalue weighted by Crippen LogP contribution is 2.49. The Morgan fingerprint density at radius 2 is 2.17 bits per heavy atom. The van der Waals surface area contributed by atoms with Gasteiger partial charge in [-0.15, -0.1) is 0 Å². The van der Waals surface area contributed by atoms with Gasteiger partial charge in [-0.1, -0.05) is 18.6 Å². The predicted octanol–water partition coefficient (Wildman–Crippen LogP) is 4.43. The van der Waals surface area contributed by atoms with E-state index in [4.69, 9.17) is 4.42 Å². The summed E-state index contributed by atoms with van der Waals surface area (Å²) in [7, 11) is 0. The Hall–Kier alpha value is -1.84. The minimum absolute atomic E-state index is 0.134. The molecule has 0 aliphatic heterocycles. The second-order valence-electron chi connectivity index (χ2n) is 7.27. The predicted molar refractivity (Wildman–Crippen MR) is 86.8 cm³/mol. The Morgan fingerprint density at radius 1 is 1.35 bits per heavy atom. The van der Waals surface area contributed by atoms with Crippen molar-refractivity contribution in [1.29, 1.82) is 0 Å². The molecular formula is C19H22FNO2. The smallest absolute Gasteiger partial charge is 0.287 e. The van der Waals surface area contributed by atoms with Gasteiger partial charge < -0.3 is 9.73 Å². The highest BCUT2D eigenvalue weighted by Gasteiger charge is 2.42. The van der Waals surface area contributed by atoms with Gasteiger partial charge in [0.25, 0.3) is 5.91 Å². The molecule has 2 aromatic rings. The lowest BCUT2D eigenvalue weighted by molar-refractivity contribution is 0.0888. The molecule has 4 atom stereocenters. The van der Waals surface area contributed by atoms with E-state index in [0.717, 1.165) is 11.8 Å². The van der Waals surface area contributed by atoms with Crippen LogP contribution in [0.2, 0.25) is 0 Å². The van der Waals surface area contributed by atoms with Gasteiger partial charge in [-0.3, -0.25) is 4.79 Å². The first-order valence-corrected chi connectivity index (χ1v) is 8.53. The van der Waals surface area contributed by atoms with Crippen molar-refractivity contribution in [3.63, 3.8) is 0 Å². The highest BCUT2D eigenvalue weighted by atomic mass is 19.1. The molecule has 2 saturated carbocycles. The van der Waals surface area contributed by atoms with Crippen molar-refractivity contribution in [2.75, 3.05) is 0 Å². The topological polar surface area (TPSA) is 42.2 Å². The third-order valence-corrected chi connectivity index (χ3v) is 5.92. The maximum absolute atomic E-state index is 13.8. The summed E-state index contributed by atoms with van der Waals surface area (Å²) >= 11 is 0. The number of carbonyl (C=O) groups is 1. The lowest BCUT2D eigenvalue weighted by atomic mass is 9.84. The molecule has 3 nitrogen and oxygen atoms in total. The third-order valence-electron chi connectivity index (χ3n) is 5.92. The van der Waals surface area contributed by atoms with Crippen LogP contribution < -0.4 is 5.32 Å². The zero-order chi connectivity index (χ0) is 16.1. The van der Waals surface area contributed by atoms with E-state index in [0.29, 0.717) is 16.9 Å². The number of carbonyl (C=O) groups excluding carboxylic acids is 1. The second-order valence-corrected chi connectivity index (χ2v) is 7.27. The molecule has 2 fully saturated rings. The average Bonchev–Trinajstić information content (AvgIpc) is 3.22. The number of halogens is 1. The normalized spacial score (nSPS) is 27.5. The monoisotopic (exact) mass is 315 g/mol. The van der Waals surface area contributed by atoms with Crippen molar-refractivity contribution in [1.82, 2.24) is 5.32 Å². The SMILES string of the molecule is Cc1c(C(=O)N[C@@H](C)[C@H]2C[C@H]3CC[C@H]2C3)oc2c(F)cccc12. The van der Waals surface area contributed by atoms with E-state index in [1.807, 2.05) is 6.92 Å². The first-order chi connectivity index (χ1) is 11.0. The van der Waals surface area contributed by atoms with Crippen molar-refractivity contribution >= 4 is 16.9 Å². The molecule has 122 valence electrons. The van der Waals surface area contributed by atoms with E-state index >= 15 is 0 Å². The van der Waals surface area contributed by atoms with Crippen LogP contribution in [0.15, 0.2) is 22.6 Å². The Labute approximate surface area is 135 Å². The van der Waals surface area contributed by atoms with Crippen LogP contribution >= 0.6 is 0 Å². The number of benzene rings is 1. The van der Waals surface area contributed by atoms with Crippen molar-refractivity contribution in [2.45, 2.75) is 45.6 Å². The van der Waals surface area contributed by atoms with Crippen molar-refractivity contribution in [3.8, 4) is 0 Å². The molecule has 0 spiro atoms. The largest absolute Gasteiger partial charge is 0.448 e. The van der Waals surface area contributed by atoms with Crippen LogP contribution in [0, 0.1) is 30.5 Å². The van der Waals surface area contributed by atoms with E-state index in [9.17, 15) is 9.18 Å². The molecule has 1 aromatic carbocycles. The molecule has 1 N–H and O–H groups in total. The number of rotatable bonds is 3. The molecule has 23 heavy (non-hydrogen) atoms. The number of furan rings is 1. The molecule has 2 aliphatic rings. The van der Waals surface area contributed by atoms with E-state index in [1.165, 1.54) is 31.7 Å². The van der Waals surface area contributed by atoms with E-state index in [2.05, 4.69) is 12.2 Å². The lowest BCUT2D eigenvalue weighted by Crippen LogP contribution is -2.40. The van der Waals surface area contributed by atoms with Crippen molar-refractivity contribution in [2.24, 2.45) is 17.8 Å². The van der Waals surface area contributed by atoms with E-state index in [-0.39, 0.29) is 23.3 Å². The standard InChI is InChI=1S/C19H22FNO2/c1-10-14-4-3-5-16(20)18(14)23-17(10)19(22)21-11(2)15-9-12-6-7-13(15)8-12/h3-5,11-13,15H,6-9H2,1-2H3,(H,21,22)/t11-,12-,13-,15+/m0/s1. The summed E-state index contributed by atoms with van der Waals surface area (Å²) in [5.74, 6) is 1.76. The molecule has 0 saturated heterocycles. The number of hydrogen-bond acceptors (Lipinski definition) is 2. The number of nitrogens with one attached hydrogen (secondary N) is 1. The summed E-state index contributed by atoms with van der Waals surface area (Å²) < 4.78 is 19.4. The van der Waals surface area contributed by atoms with Gasteiger partial charge in [0.1, 0.15) is 0 Å². The van der Waals surface area contributed by atoms with Crippen LogP contribution in [-0.2, 0) is 0 Å². The summed E-state index contributed by atoms with van der Waals surface area (Å²) in [6.45, 7) is 3.89. The second kappa shape index (κ2) is 5.36. The van der Waals surface area contributed by atoms with Gasteiger partial charge in [-0.2, -0.15) is 0 Å². The fraction of sp³-hybridized carbons (Fsp3) is 0.526. The minimum Gasteiger partial charge on any atom is -0.448 e. The lowest BCUT2D eigenvalue weighted by Gasteiger charge is -2.28. The first kappa shape index (κ1) is 14.7. The first-order valence-electron chi connectivity index (χ1n) is 8.53. The number of hydrogen-bond donors (Lipinski definition) is 1. The van der Waals surface area contributed by atoms with Gasteiger partial charge in [0, 0.05) is 17.0 Å². The highest BCUT2D eigenvalue weighted by molar-refractivity contribution is 5.99. The van der Waals surface area contributed by atoms with Crippen molar-refractivity contribution < 1.29 is 13.6 Å². The van der Waals surface area contributed by atoms with Crippen LogP contribution in [0.25, 0.3) is 11.0 Å². The number of fused-ring (bicyclic) bond motifs is 3. The Kier molecular flexibility index (Phi) is 3.43. The molecule has 4 rings (SSSR count). The average molecular weight is 315 g/mol. The van der Waals surface area contributed by atoms with Gasteiger partial charge in [-0.05, 0) is 56.9 Å². The van der Waals surface area contributed by atoms with Crippen molar-refractivity contribution in [3.05, 3.63) is 35.3 Å². The molecule has 1 heterocycles. The maximum atomic E-state index is 13.8. The minimum atomic E-state index is -0.425. The van der Waals surface area contributed by atoms with Gasteiger partial charge in [0.15, 0.2) is 17.2 Å². The van der Waals surface area contributed by atoms with Crippen LogP contribution in [0.5, 0.6) is 0 Å². The Morgan fingerprint density at radius 3 is 2.83 bits per heavy atom. The van der Waals surface area contributed by atoms with Gasteiger partial charge in [0.2, 0.25) is 0 Å². The molecular weight excluding hydrogens is 293 g/mol. The molecule has 0 unspecified atom stereocenters. The Bertz CT molecular complexity index is 766. The summed E-state index contributed by atoms with van der Waals surface area (Å²) in [6, 6.07) is 4.91. The van der Waals surface area contributed by atoms with Gasteiger partial charge in [-0.25, -0.2) is 4.39 Å². The molecule has 1 aromatic heterocycles. The summed E-state index contributed by atoms with van der Waals surface area (Å²) in [6.07, 6.45) is 5.19. The molecule has 0 radical (unpaired) electrons. The van der Waals surface area contributed by atoms with Crippen LogP contribution in [0.3, 0.4) is 0 Å². The molecule has 2 bridgehead atoms. The molecule has 4 heteroatoms. The fourth-order valence-corrected chi connectivity index (χ4v) is 4.71. The van der Waals surface area contributed by atoms with Crippen LogP contribution in [-0.4, -0.2) is 11.9 Å². The zero-order valence-corrected chi connectivity index (χ0v) is 13.6. The molecule has 2 aliphatic carbocycles. The van der Waals surface area contributed by atoms with E-state index < -0.39 is 5.82 Å². The summed E-state index contributed by atoms with van der Waals surface area (Å²) in [4.78, 5) is 12.6. The maximum Gasteiger partial charge on any atom is 0.287 e. The Balaban J connectivity index is 1.55. The number of aryl methyl sites for hydroxylation is 1. The number of amides is 1. The van der Waals surface area contributed by atoms with Gasteiger partial charge in [0.05, 0.1) is 0 Å².